The van der Waals surface area contributed by atoms with Gasteiger partial charge in [-0.2, -0.15) is 0 Å². The molecule has 3 heteroatoms. The largest absolute Gasteiger partial charge is 0.354 e. The lowest BCUT2D eigenvalue weighted by Gasteiger charge is -2.25. The van der Waals surface area contributed by atoms with E-state index in [-0.39, 0.29) is 11.3 Å². The van der Waals surface area contributed by atoms with Crippen LogP contribution in [0.25, 0.3) is 0 Å². The summed E-state index contributed by atoms with van der Waals surface area (Å²) in [7, 11) is 0. The van der Waals surface area contributed by atoms with E-state index in [2.05, 4.69) is 31.3 Å². The van der Waals surface area contributed by atoms with E-state index in [1.54, 1.807) is 6.92 Å². The highest BCUT2D eigenvalue weighted by molar-refractivity contribution is 6.30. The van der Waals surface area contributed by atoms with Gasteiger partial charge in [-0.15, -0.1) is 11.6 Å². The highest BCUT2D eigenvalue weighted by Gasteiger charge is 2.21. The van der Waals surface area contributed by atoms with Crippen molar-refractivity contribution in [2.45, 2.75) is 31.6 Å². The number of hydrogen-bond acceptors (Lipinski definition) is 1. The van der Waals surface area contributed by atoms with Gasteiger partial charge in [0, 0.05) is 12.0 Å². The molecule has 0 heterocycles. The first-order chi connectivity index (χ1) is 7.43. The molecule has 1 aromatic carbocycles. The summed E-state index contributed by atoms with van der Waals surface area (Å²) in [5.74, 6) is -0.120. The second-order valence-corrected chi connectivity index (χ2v) is 5.24. The maximum atomic E-state index is 11.4. The van der Waals surface area contributed by atoms with E-state index in [4.69, 9.17) is 11.6 Å². The minimum Gasteiger partial charge on any atom is -0.354 e. The van der Waals surface area contributed by atoms with Crippen LogP contribution in [0.2, 0.25) is 0 Å². The Morgan fingerprint density at radius 1 is 1.38 bits per heavy atom. The Hall–Kier alpha value is -1.02. The molecule has 1 aromatic rings. The summed E-state index contributed by atoms with van der Waals surface area (Å²) in [6.07, 6.45) is 0. The van der Waals surface area contributed by atoms with Crippen LogP contribution in [0, 0.1) is 0 Å². The Morgan fingerprint density at radius 3 is 2.44 bits per heavy atom. The van der Waals surface area contributed by atoms with Crippen LogP contribution >= 0.6 is 11.6 Å². The normalized spacial score (nSPS) is 13.2. The van der Waals surface area contributed by atoms with Crippen molar-refractivity contribution < 1.29 is 4.79 Å². The second kappa shape index (κ2) is 5.35. The van der Waals surface area contributed by atoms with Crippen LogP contribution in [0.5, 0.6) is 0 Å². The average molecular weight is 240 g/mol. The Morgan fingerprint density at radius 2 is 1.94 bits per heavy atom. The van der Waals surface area contributed by atoms with Gasteiger partial charge in [0.1, 0.15) is 5.38 Å². The van der Waals surface area contributed by atoms with Crippen LogP contribution in [-0.2, 0) is 10.2 Å². The summed E-state index contributed by atoms with van der Waals surface area (Å²) < 4.78 is 0. The summed E-state index contributed by atoms with van der Waals surface area (Å²) in [5, 5.41) is 2.37. The molecule has 0 radical (unpaired) electrons. The number of benzene rings is 1. The fraction of sp³-hybridized carbons (Fsp3) is 0.462. The van der Waals surface area contributed by atoms with Gasteiger partial charge in [-0.05, 0) is 12.5 Å². The van der Waals surface area contributed by atoms with Crippen LogP contribution in [-0.4, -0.2) is 17.8 Å². The van der Waals surface area contributed by atoms with Crippen molar-refractivity contribution in [3.63, 3.8) is 0 Å². The number of nitrogens with one attached hydrogen (secondary N) is 1. The van der Waals surface area contributed by atoms with Gasteiger partial charge >= 0.3 is 0 Å². The number of carbonyl (C=O) groups is 1. The first kappa shape index (κ1) is 13.0. The molecule has 0 aromatic heterocycles. The van der Waals surface area contributed by atoms with E-state index in [0.717, 1.165) is 0 Å². The van der Waals surface area contributed by atoms with Crippen molar-refractivity contribution in [3.05, 3.63) is 35.9 Å². The molecule has 0 aliphatic carbocycles. The van der Waals surface area contributed by atoms with Gasteiger partial charge in [0.15, 0.2) is 0 Å². The van der Waals surface area contributed by atoms with Gasteiger partial charge in [-0.3, -0.25) is 4.79 Å². The monoisotopic (exact) mass is 239 g/mol. The SMILES string of the molecule is CC(Cl)C(=O)NCC(C)(C)c1ccccc1. The first-order valence-electron chi connectivity index (χ1n) is 5.41. The predicted molar refractivity (Wildman–Crippen MR) is 67.8 cm³/mol. The summed E-state index contributed by atoms with van der Waals surface area (Å²) in [6.45, 7) is 6.46. The van der Waals surface area contributed by atoms with Crippen molar-refractivity contribution in [1.82, 2.24) is 5.32 Å². The predicted octanol–water partition coefficient (Wildman–Crippen LogP) is 2.71. The summed E-state index contributed by atoms with van der Waals surface area (Å²) in [4.78, 5) is 11.4. The van der Waals surface area contributed by atoms with Gasteiger partial charge in [0.05, 0.1) is 0 Å². The minimum absolute atomic E-state index is 0.0807. The van der Waals surface area contributed by atoms with E-state index >= 15 is 0 Å². The van der Waals surface area contributed by atoms with Crippen molar-refractivity contribution in [2.75, 3.05) is 6.54 Å². The molecule has 2 nitrogen and oxygen atoms in total. The standard InChI is InChI=1S/C13H18ClNO/c1-10(14)12(16)15-9-13(2,3)11-7-5-4-6-8-11/h4-8,10H,9H2,1-3H3,(H,15,16). The van der Waals surface area contributed by atoms with Gasteiger partial charge in [0.25, 0.3) is 0 Å². The molecule has 88 valence electrons. The van der Waals surface area contributed by atoms with Crippen LogP contribution in [0.15, 0.2) is 30.3 Å². The topological polar surface area (TPSA) is 29.1 Å². The molecule has 0 aliphatic heterocycles. The van der Waals surface area contributed by atoms with Gasteiger partial charge < -0.3 is 5.32 Å². The van der Waals surface area contributed by atoms with E-state index in [9.17, 15) is 4.79 Å². The number of alkyl halides is 1. The van der Waals surface area contributed by atoms with Crippen LogP contribution in [0.3, 0.4) is 0 Å². The molecular formula is C13H18ClNO. The van der Waals surface area contributed by atoms with Crippen molar-refractivity contribution >= 4 is 17.5 Å². The molecule has 0 saturated carbocycles. The highest BCUT2D eigenvalue weighted by Crippen LogP contribution is 2.21. The minimum atomic E-state index is -0.480. The highest BCUT2D eigenvalue weighted by atomic mass is 35.5. The molecule has 0 aliphatic rings. The van der Waals surface area contributed by atoms with Gasteiger partial charge in [-0.25, -0.2) is 0 Å². The lowest BCUT2D eigenvalue weighted by atomic mass is 9.84. The third-order valence-corrected chi connectivity index (χ3v) is 2.82. The van der Waals surface area contributed by atoms with Gasteiger partial charge in [0.2, 0.25) is 5.91 Å². The third kappa shape index (κ3) is 3.53. The van der Waals surface area contributed by atoms with Crippen molar-refractivity contribution in [3.8, 4) is 0 Å². The number of halogens is 1. The number of hydrogen-bond donors (Lipinski definition) is 1. The zero-order valence-corrected chi connectivity index (χ0v) is 10.7. The lowest BCUT2D eigenvalue weighted by Crippen LogP contribution is -2.39. The van der Waals surface area contributed by atoms with Crippen LogP contribution < -0.4 is 5.32 Å². The molecular weight excluding hydrogens is 222 g/mol. The van der Waals surface area contributed by atoms with Crippen LogP contribution in [0.4, 0.5) is 0 Å². The molecule has 1 rings (SSSR count). The second-order valence-electron chi connectivity index (χ2n) is 4.58. The molecule has 0 bridgehead atoms. The zero-order chi connectivity index (χ0) is 12.2. The van der Waals surface area contributed by atoms with Crippen molar-refractivity contribution in [2.24, 2.45) is 0 Å². The number of rotatable bonds is 4. The van der Waals surface area contributed by atoms with E-state index < -0.39 is 5.38 Å². The molecule has 1 atom stereocenters. The molecule has 1 N–H and O–H groups in total. The number of carbonyl (C=O) groups excluding carboxylic acids is 1. The summed E-state index contributed by atoms with van der Waals surface area (Å²) >= 11 is 5.69. The van der Waals surface area contributed by atoms with E-state index in [1.165, 1.54) is 5.56 Å². The zero-order valence-electron chi connectivity index (χ0n) is 9.96. The molecule has 16 heavy (non-hydrogen) atoms. The summed E-state index contributed by atoms with van der Waals surface area (Å²) in [5.41, 5.74) is 1.13. The average Bonchev–Trinajstić information content (AvgIpc) is 2.27. The summed E-state index contributed by atoms with van der Waals surface area (Å²) in [6, 6.07) is 10.1. The maximum absolute atomic E-state index is 11.4. The fourth-order valence-corrected chi connectivity index (χ4v) is 1.52. The maximum Gasteiger partial charge on any atom is 0.237 e. The third-order valence-electron chi connectivity index (χ3n) is 2.62. The molecule has 0 spiro atoms. The molecule has 1 unspecified atom stereocenters. The Balaban J connectivity index is 2.63. The van der Waals surface area contributed by atoms with E-state index in [0.29, 0.717) is 6.54 Å². The van der Waals surface area contributed by atoms with Crippen molar-refractivity contribution in [1.29, 1.82) is 0 Å². The number of amides is 1. The smallest absolute Gasteiger partial charge is 0.237 e. The van der Waals surface area contributed by atoms with Gasteiger partial charge in [-0.1, -0.05) is 44.2 Å². The Kier molecular flexibility index (Phi) is 4.36. The lowest BCUT2D eigenvalue weighted by molar-refractivity contribution is -0.120. The van der Waals surface area contributed by atoms with E-state index in [1.807, 2.05) is 18.2 Å². The fourth-order valence-electron chi connectivity index (χ4n) is 1.44. The first-order valence-corrected chi connectivity index (χ1v) is 5.84. The molecule has 0 saturated heterocycles. The Bertz CT molecular complexity index is 346. The molecule has 1 amide bonds. The Labute approximate surface area is 102 Å². The quantitative estimate of drug-likeness (QED) is 0.805. The van der Waals surface area contributed by atoms with Crippen LogP contribution in [0.1, 0.15) is 26.3 Å². The molecule has 0 fully saturated rings.